The van der Waals surface area contributed by atoms with Gasteiger partial charge in [0.2, 0.25) is 0 Å². The quantitative estimate of drug-likeness (QED) is 0.163. The van der Waals surface area contributed by atoms with Crippen LogP contribution in [0, 0.1) is 0 Å². The van der Waals surface area contributed by atoms with Gasteiger partial charge in [-0.3, -0.25) is 0 Å². The van der Waals surface area contributed by atoms with Crippen LogP contribution in [0.5, 0.6) is 0 Å². The Morgan fingerprint density at radius 1 is 0.263 bits per heavy atom. The first kappa shape index (κ1) is 13.0. The van der Waals surface area contributed by atoms with E-state index >= 15 is 0 Å². The predicted octanol–water partition coefficient (Wildman–Crippen LogP) is 16.0. The van der Waals surface area contributed by atoms with Gasteiger partial charge in [0.1, 0.15) is 11.2 Å². The summed E-state index contributed by atoms with van der Waals surface area (Å²) in [5.74, 6) is 0. The number of rotatable bonds is 4. The lowest BCUT2D eigenvalue weighted by Gasteiger charge is -2.20. The Bertz CT molecular complexity index is 5480. The van der Waals surface area contributed by atoms with Gasteiger partial charge in [-0.2, -0.15) is 0 Å². The van der Waals surface area contributed by atoms with E-state index in [2.05, 4.69) is 0 Å². The number of benzene rings is 11. The van der Waals surface area contributed by atoms with Crippen molar-refractivity contribution in [1.82, 2.24) is 0 Å². The molecule has 0 aliphatic rings. The van der Waals surface area contributed by atoms with E-state index in [-0.39, 0.29) is 0 Å². The van der Waals surface area contributed by atoms with Gasteiger partial charge in [0.05, 0.1) is 46.6 Å². The molecule has 1 aromatic heterocycles. The highest BCUT2D eigenvalue weighted by Crippen LogP contribution is 2.48. The van der Waals surface area contributed by atoms with E-state index in [1.54, 1.807) is 0 Å². The summed E-state index contributed by atoms with van der Waals surface area (Å²) in [6.07, 6.45) is 0. The first-order chi connectivity index (χ1) is 42.4. The van der Waals surface area contributed by atoms with Crippen LogP contribution in [0.3, 0.4) is 0 Å². The summed E-state index contributed by atoms with van der Waals surface area (Å²) >= 11 is 0. The minimum Gasteiger partial charge on any atom is -0.456 e. The maximum atomic E-state index is 10.4. The Kier molecular flexibility index (Phi) is 2.87. The summed E-state index contributed by atoms with van der Waals surface area (Å²) in [4.78, 5) is 0. The maximum absolute atomic E-state index is 10.4. The molecule has 11 aromatic carbocycles. The zero-order chi connectivity index (χ0) is 67.0. The van der Waals surface area contributed by atoms with Crippen LogP contribution in [-0.4, -0.2) is 0 Å². The van der Waals surface area contributed by atoms with Crippen molar-refractivity contribution in [2.75, 3.05) is 0 Å². The fourth-order valence-corrected chi connectivity index (χ4v) is 7.02. The molecule has 12 aromatic rings. The molecule has 0 saturated heterocycles. The number of furan rings is 1. The standard InChI is InChI=1S/C56H34O/c1-4-18-41-35(13-1)16-11-25-43(41)39-28-30-53-51(32-39)45-29-27-37(34-54(45)57-53)40-31-38-15-3-6-20-44(38)52(33-40)56-49-23-9-7-21-47(49)55(48-22-8-10-24-50(48)56)46-26-12-17-36-14-2-5-19-42(36)46/h1-34H/i1D,2D,3D,4D,5D,6D,7D,8D,9D,10D,11D,12D,13D,14D,15D,16D,17D,18D,19D,20D,21D,22D,23D,24D,25D,26D,27D,28D,29D,30D,31D,32D,33D,34D. The average Bonchev–Trinajstić information content (AvgIpc) is 0.798. The Labute approximate surface area is 377 Å². The van der Waals surface area contributed by atoms with Crippen molar-refractivity contribution in [2.45, 2.75) is 0 Å². The summed E-state index contributed by atoms with van der Waals surface area (Å²) < 4.78 is 318. The van der Waals surface area contributed by atoms with E-state index in [0.717, 1.165) is 0 Å². The molecule has 0 atom stereocenters. The van der Waals surface area contributed by atoms with Gasteiger partial charge >= 0.3 is 0 Å². The van der Waals surface area contributed by atoms with Crippen LogP contribution >= 0.6 is 0 Å². The van der Waals surface area contributed by atoms with Crippen LogP contribution in [0.25, 0.3) is 120 Å². The lowest BCUT2D eigenvalue weighted by molar-refractivity contribution is 0.669. The molecule has 0 aliphatic heterocycles. The summed E-state index contributed by atoms with van der Waals surface area (Å²) in [5, 5.41) is -8.94. The average molecular weight is 757 g/mol. The molecule has 0 bridgehead atoms. The Hall–Kier alpha value is -7.48. The molecule has 0 fully saturated rings. The number of fused-ring (bicyclic) bond motifs is 8. The van der Waals surface area contributed by atoms with Crippen LogP contribution < -0.4 is 0 Å². The maximum Gasteiger partial charge on any atom is 0.136 e. The molecule has 0 radical (unpaired) electrons. The van der Waals surface area contributed by atoms with Crippen LogP contribution in [-0.2, 0) is 0 Å². The molecule has 264 valence electrons. The second kappa shape index (κ2) is 12.5. The fourth-order valence-electron chi connectivity index (χ4n) is 7.02. The van der Waals surface area contributed by atoms with Gasteiger partial charge in [-0.1, -0.05) is 169 Å². The van der Waals surface area contributed by atoms with Crippen molar-refractivity contribution in [2.24, 2.45) is 0 Å². The largest absolute Gasteiger partial charge is 0.456 e. The fraction of sp³-hybridized carbons (Fsp3) is 0. The van der Waals surface area contributed by atoms with Gasteiger partial charge in [0.15, 0.2) is 0 Å². The van der Waals surface area contributed by atoms with E-state index in [4.69, 9.17) is 30.5 Å². The van der Waals surface area contributed by atoms with Crippen LogP contribution in [0.1, 0.15) is 46.6 Å². The van der Waals surface area contributed by atoms with E-state index < -0.39 is 326 Å². The number of hydrogen-bond acceptors (Lipinski definition) is 1. The SMILES string of the molecule is [2H]c1c(-c2c([2H])c([2H])c([2H])c3c([2H])c([2H])c([2H])c([2H])c23)c([2H])c2c(oc3c([2H])c(-c4c([2H])c(-c5c6c([2H])c([2H])c([2H])c([2H])c6c(-c6c([2H])c([2H])c([2H])c7c([2H])c([2H])c([2H])c([2H])c67)c6c([2H])c([2H])c([2H])c([2H])c56)c5c([2H])c([2H])c([2H])c([2H])c5c4[2H])c([2H])c([2H])c32)c1[2H]. The Balaban J connectivity index is 1.32. The van der Waals surface area contributed by atoms with Gasteiger partial charge in [-0.25, -0.2) is 0 Å². The lowest BCUT2D eigenvalue weighted by Crippen LogP contribution is -1.93. The van der Waals surface area contributed by atoms with Gasteiger partial charge in [0.25, 0.3) is 0 Å². The summed E-state index contributed by atoms with van der Waals surface area (Å²) in [6, 6.07) is -34.0. The van der Waals surface area contributed by atoms with E-state index in [1.807, 2.05) is 0 Å². The Morgan fingerprint density at radius 3 is 1.40 bits per heavy atom. The van der Waals surface area contributed by atoms with Gasteiger partial charge in [-0.15, -0.1) is 0 Å². The van der Waals surface area contributed by atoms with Crippen molar-refractivity contribution in [3.63, 3.8) is 0 Å². The van der Waals surface area contributed by atoms with Gasteiger partial charge in [-0.05, 0) is 135 Å². The predicted molar refractivity (Wildman–Crippen MR) is 243 cm³/mol. The smallest absolute Gasteiger partial charge is 0.136 e. The molecular weight excluding hydrogens is 689 g/mol. The normalized spacial score (nSPS) is 20.2. The lowest BCUT2D eigenvalue weighted by atomic mass is 9.83. The monoisotopic (exact) mass is 756 g/mol. The van der Waals surface area contributed by atoms with Crippen LogP contribution in [0.2, 0.25) is 0 Å². The molecular formula is C56H34O. The van der Waals surface area contributed by atoms with Crippen molar-refractivity contribution < 1.29 is 51.0 Å². The molecule has 1 heterocycles. The molecule has 0 saturated carbocycles. The topological polar surface area (TPSA) is 13.1 Å². The van der Waals surface area contributed by atoms with Crippen molar-refractivity contribution in [3.8, 4) is 44.5 Å². The van der Waals surface area contributed by atoms with Crippen molar-refractivity contribution in [3.05, 3.63) is 205 Å². The first-order valence-corrected chi connectivity index (χ1v) is 16.9. The second-order valence-electron chi connectivity index (χ2n) is 12.5. The molecule has 0 amide bonds. The van der Waals surface area contributed by atoms with E-state index in [9.17, 15) is 20.6 Å². The molecule has 12 rings (SSSR count). The third-order valence-corrected chi connectivity index (χ3v) is 9.45. The minimum absolute atomic E-state index is 0.580. The summed E-state index contributed by atoms with van der Waals surface area (Å²) in [6.45, 7) is 0. The second-order valence-corrected chi connectivity index (χ2v) is 12.5. The Morgan fingerprint density at radius 2 is 0.754 bits per heavy atom. The molecule has 0 N–H and O–H groups in total. The molecule has 0 spiro atoms. The molecule has 1 nitrogen and oxygen atoms in total. The summed E-state index contributed by atoms with van der Waals surface area (Å²) in [5.41, 5.74) is -8.29. The minimum atomic E-state index is -1.19. The molecule has 1 heteroatoms. The molecule has 57 heavy (non-hydrogen) atoms. The van der Waals surface area contributed by atoms with Crippen molar-refractivity contribution in [1.29, 1.82) is 0 Å². The first-order valence-electron chi connectivity index (χ1n) is 33.9. The zero-order valence-corrected chi connectivity index (χ0v) is 28.4. The van der Waals surface area contributed by atoms with Gasteiger partial charge in [0, 0.05) is 10.8 Å². The van der Waals surface area contributed by atoms with Crippen LogP contribution in [0.4, 0.5) is 0 Å². The van der Waals surface area contributed by atoms with E-state index in [0.29, 0.717) is 0 Å². The molecule has 0 unspecified atom stereocenters. The summed E-state index contributed by atoms with van der Waals surface area (Å²) in [7, 11) is 0. The molecule has 0 aliphatic carbocycles. The highest BCUT2D eigenvalue weighted by Gasteiger charge is 2.20. The third-order valence-electron chi connectivity index (χ3n) is 9.45. The zero-order valence-electron chi connectivity index (χ0n) is 62.4. The number of hydrogen-bond donors (Lipinski definition) is 0. The highest BCUT2D eigenvalue weighted by atomic mass is 16.3. The van der Waals surface area contributed by atoms with Gasteiger partial charge < -0.3 is 4.42 Å². The van der Waals surface area contributed by atoms with Crippen LogP contribution in [0.15, 0.2) is 210 Å². The van der Waals surface area contributed by atoms with Crippen molar-refractivity contribution >= 4 is 75.8 Å². The highest BCUT2D eigenvalue weighted by molar-refractivity contribution is 6.25. The van der Waals surface area contributed by atoms with E-state index in [1.165, 1.54) is 0 Å². The third kappa shape index (κ3) is 4.96.